The van der Waals surface area contributed by atoms with Gasteiger partial charge in [0.15, 0.2) is 55.1 Å². The molecule has 0 N–H and O–H groups in total. The lowest BCUT2D eigenvalue weighted by molar-refractivity contribution is -0.372. The molecule has 420 valence electrons. The van der Waals surface area contributed by atoms with Gasteiger partial charge in [0.05, 0.1) is 32.8 Å². The Bertz CT molecular complexity index is 2290. The summed E-state index contributed by atoms with van der Waals surface area (Å²) in [7, 11) is 3.62. The fourth-order valence-corrected chi connectivity index (χ4v) is 15.5. The molecule has 4 saturated carbocycles. The van der Waals surface area contributed by atoms with E-state index in [-0.39, 0.29) is 45.4 Å². The van der Waals surface area contributed by atoms with Crippen molar-refractivity contribution in [1.82, 2.24) is 0 Å². The minimum Gasteiger partial charge on any atom is -0.469 e. The quantitative estimate of drug-likeness (QED) is 0.0915. The molecule has 0 spiro atoms. The van der Waals surface area contributed by atoms with E-state index >= 15 is 0 Å². The van der Waals surface area contributed by atoms with Crippen LogP contribution in [-0.4, -0.2) is 137 Å². The molecule has 20 heteroatoms. The van der Waals surface area contributed by atoms with Crippen LogP contribution in [0.5, 0.6) is 0 Å². The van der Waals surface area contributed by atoms with Crippen molar-refractivity contribution < 1.29 is 95.2 Å². The molecule has 0 aromatic rings. The van der Waals surface area contributed by atoms with Crippen LogP contribution in [-0.2, 0) is 95.2 Å². The lowest BCUT2D eigenvalue weighted by atomic mass is 9.33. The van der Waals surface area contributed by atoms with Crippen molar-refractivity contribution >= 4 is 47.8 Å². The molecule has 0 unspecified atom stereocenters. The van der Waals surface area contributed by atoms with E-state index in [1.807, 2.05) is 0 Å². The van der Waals surface area contributed by atoms with E-state index in [9.17, 15) is 38.4 Å². The SMILES string of the molecule is COC(=O)[C@H]1O[C@@H](O[C@H]2[C@@H](O[C@H]3CC[C@]4(C)[C@H]5CC=C6[C@@H]7C[C@@](C)(C(=O)OC)CC[C@]7(C)CC[C@@]6(C)[C@]5(C)CC[C@H]4C3(C)C)O[C@H](C(=O)OC)[C@@H](OC(C)=O)[C@@H]2OC(C)=O)[C@H](OC(C)=O)[C@@H](OC(C)=O)[C@@H]1OC(C)=O. The molecule has 2 heterocycles. The number of hydrogen-bond acceptors (Lipinski definition) is 20. The fraction of sp³-hybridized carbons (Fsp3) is 0.818. The zero-order valence-corrected chi connectivity index (χ0v) is 46.4. The van der Waals surface area contributed by atoms with Crippen molar-refractivity contribution in [2.45, 2.75) is 215 Å². The molecule has 0 aromatic carbocycles. The number of esters is 8. The van der Waals surface area contributed by atoms with Gasteiger partial charge in [-0.2, -0.15) is 0 Å². The normalized spacial score (nSPS) is 42.7. The van der Waals surface area contributed by atoms with Gasteiger partial charge in [-0.25, -0.2) is 9.59 Å². The first-order valence-corrected chi connectivity index (χ1v) is 26.4. The third-order valence-electron chi connectivity index (χ3n) is 19.4. The molecule has 0 radical (unpaired) electrons. The molecule has 5 aliphatic carbocycles. The van der Waals surface area contributed by atoms with Gasteiger partial charge in [-0.15, -0.1) is 0 Å². The van der Waals surface area contributed by atoms with E-state index in [1.54, 1.807) is 0 Å². The van der Waals surface area contributed by atoms with Crippen LogP contribution in [0, 0.1) is 50.2 Å². The van der Waals surface area contributed by atoms with Crippen LogP contribution in [0.15, 0.2) is 11.6 Å². The van der Waals surface area contributed by atoms with E-state index in [4.69, 9.17) is 56.8 Å². The number of allylic oxidation sites excluding steroid dienone is 2. The second-order valence-corrected chi connectivity index (χ2v) is 24.1. The lowest BCUT2D eigenvalue weighted by Gasteiger charge is -2.71. The van der Waals surface area contributed by atoms with Crippen LogP contribution in [0.3, 0.4) is 0 Å². The van der Waals surface area contributed by atoms with Crippen LogP contribution in [0.1, 0.15) is 147 Å². The number of carbonyl (C=O) groups is 8. The van der Waals surface area contributed by atoms with E-state index in [0.717, 1.165) is 107 Å². The molecular formula is C55H80O20. The van der Waals surface area contributed by atoms with E-state index in [2.05, 4.69) is 54.5 Å². The van der Waals surface area contributed by atoms with Gasteiger partial charge < -0.3 is 56.8 Å². The first-order valence-electron chi connectivity index (χ1n) is 26.4. The predicted molar refractivity (Wildman–Crippen MR) is 260 cm³/mol. The van der Waals surface area contributed by atoms with Gasteiger partial charge in [-0.1, -0.05) is 53.2 Å². The summed E-state index contributed by atoms with van der Waals surface area (Å²) in [5.41, 5.74) is 0.0514. The molecule has 7 rings (SSSR count). The molecule has 19 atom stereocenters. The maximum atomic E-state index is 13.7. The molecule has 0 amide bonds. The standard InChI is InChI=1S/C55H80O20/c1-27(56)67-37-39(69-29(3)58)43(71-31(5)60)48(74-42(37)46(62)65-14)75-44-40(70-30(4)59)38(68-28(2)57)41(45(61)64-13)73-47(44)72-36-19-20-53(10)34(50(36,6)7)18-21-55(12)35(53)17-16-32-33-26-52(9,49(63)66-15)23-22-51(33,8)24-25-54(32,55)11/h16,33-44,47-48H,17-26H2,1-15H3/t33-,34-,35+,36-,37-,38-,39-,40-,41-,42-,43+,44+,47-,48-,51+,52-,53-,54+,55+/m0/s1. The smallest absolute Gasteiger partial charge is 0.339 e. The third-order valence-corrected chi connectivity index (χ3v) is 19.4. The molecule has 2 aliphatic heterocycles. The topological polar surface area (TPSA) is 247 Å². The van der Waals surface area contributed by atoms with Gasteiger partial charge in [-0.3, -0.25) is 28.8 Å². The monoisotopic (exact) mass is 1060 g/mol. The maximum absolute atomic E-state index is 13.7. The minimum absolute atomic E-state index is 0.0758. The van der Waals surface area contributed by atoms with Crippen LogP contribution >= 0.6 is 0 Å². The van der Waals surface area contributed by atoms with E-state index < -0.39 is 120 Å². The van der Waals surface area contributed by atoms with Crippen molar-refractivity contribution in [2.24, 2.45) is 50.2 Å². The number of methoxy groups -OCH3 is 3. The van der Waals surface area contributed by atoms with Crippen LogP contribution in [0.25, 0.3) is 0 Å². The predicted octanol–water partition coefficient (Wildman–Crippen LogP) is 6.19. The summed E-state index contributed by atoms with van der Waals surface area (Å²) in [5, 5.41) is 0. The van der Waals surface area contributed by atoms with E-state index in [0.29, 0.717) is 6.42 Å². The lowest BCUT2D eigenvalue weighted by Crippen LogP contribution is -2.69. The summed E-state index contributed by atoms with van der Waals surface area (Å²) in [4.78, 5) is 104. The zero-order valence-electron chi connectivity index (χ0n) is 46.4. The molecule has 0 bridgehead atoms. The number of ether oxygens (including phenoxy) is 12. The van der Waals surface area contributed by atoms with Gasteiger partial charge in [0, 0.05) is 34.6 Å². The first kappa shape index (κ1) is 58.0. The Labute approximate surface area is 439 Å². The van der Waals surface area contributed by atoms with Crippen molar-refractivity contribution in [3.8, 4) is 0 Å². The van der Waals surface area contributed by atoms with Crippen LogP contribution in [0.2, 0.25) is 0 Å². The van der Waals surface area contributed by atoms with Crippen molar-refractivity contribution in [3.63, 3.8) is 0 Å². The minimum atomic E-state index is -1.95. The molecule has 6 fully saturated rings. The summed E-state index contributed by atoms with van der Waals surface area (Å²) < 4.78 is 70.2. The fourth-order valence-electron chi connectivity index (χ4n) is 15.5. The van der Waals surface area contributed by atoms with Gasteiger partial charge >= 0.3 is 47.8 Å². The largest absolute Gasteiger partial charge is 0.469 e. The Morgan fingerprint density at radius 3 is 1.51 bits per heavy atom. The van der Waals surface area contributed by atoms with Crippen molar-refractivity contribution in [1.29, 1.82) is 0 Å². The van der Waals surface area contributed by atoms with Gasteiger partial charge in [0.2, 0.25) is 6.29 Å². The van der Waals surface area contributed by atoms with Gasteiger partial charge in [0.25, 0.3) is 0 Å². The molecule has 75 heavy (non-hydrogen) atoms. The second kappa shape index (κ2) is 21.3. The number of fused-ring (bicyclic) bond motifs is 7. The Hall–Kier alpha value is -4.66. The average molecular weight is 1060 g/mol. The Morgan fingerprint density at radius 1 is 0.520 bits per heavy atom. The summed E-state index contributed by atoms with van der Waals surface area (Å²) >= 11 is 0. The van der Waals surface area contributed by atoms with Crippen molar-refractivity contribution in [2.75, 3.05) is 21.3 Å². The number of rotatable bonds is 12. The maximum Gasteiger partial charge on any atom is 0.339 e. The van der Waals surface area contributed by atoms with Gasteiger partial charge in [-0.05, 0) is 116 Å². The number of hydrogen-bond donors (Lipinski definition) is 0. The molecule has 20 nitrogen and oxygen atoms in total. The summed E-state index contributed by atoms with van der Waals surface area (Å²) in [6, 6.07) is 0. The van der Waals surface area contributed by atoms with Gasteiger partial charge in [0.1, 0.15) is 0 Å². The number of carbonyl (C=O) groups excluding carboxylic acids is 8. The molecule has 0 aromatic heterocycles. The zero-order chi connectivity index (χ0) is 55.5. The highest BCUT2D eigenvalue weighted by Crippen LogP contribution is 2.76. The Balaban J connectivity index is 1.27. The molecular weight excluding hydrogens is 981 g/mol. The molecule has 2 saturated heterocycles. The highest BCUT2D eigenvalue weighted by atomic mass is 16.8. The third kappa shape index (κ3) is 10.3. The van der Waals surface area contributed by atoms with E-state index in [1.165, 1.54) is 12.7 Å². The summed E-state index contributed by atoms with van der Waals surface area (Å²) in [5.74, 6) is -6.22. The van der Waals surface area contributed by atoms with Crippen LogP contribution < -0.4 is 0 Å². The summed E-state index contributed by atoms with van der Waals surface area (Å²) in [6.07, 6.45) is -7.29. The van der Waals surface area contributed by atoms with Crippen molar-refractivity contribution in [3.05, 3.63) is 11.6 Å². The molecule has 7 aliphatic rings. The second-order valence-electron chi connectivity index (χ2n) is 24.1. The highest BCUT2D eigenvalue weighted by molar-refractivity contribution is 5.78. The Kier molecular flexibility index (Phi) is 16.5. The highest BCUT2D eigenvalue weighted by Gasteiger charge is 2.69. The average Bonchev–Trinajstić information content (AvgIpc) is 3.32. The summed E-state index contributed by atoms with van der Waals surface area (Å²) in [6.45, 7) is 21.4. The Morgan fingerprint density at radius 2 is 1.00 bits per heavy atom. The first-order chi connectivity index (χ1) is 34.9. The van der Waals surface area contributed by atoms with Crippen LogP contribution in [0.4, 0.5) is 0 Å².